The highest BCUT2D eigenvalue weighted by Crippen LogP contribution is 2.26. The first kappa shape index (κ1) is 27.9. The van der Waals surface area contributed by atoms with Crippen LogP contribution in [0.25, 0.3) is 10.1 Å². The maximum Gasteiger partial charge on any atom is 0.330 e. The Labute approximate surface area is 228 Å². The van der Waals surface area contributed by atoms with Gasteiger partial charge in [-0.15, -0.1) is 11.3 Å². The highest BCUT2D eigenvalue weighted by atomic mass is 32.2. The minimum absolute atomic E-state index is 0.0294. The highest BCUT2D eigenvalue weighted by Gasteiger charge is 2.29. The summed E-state index contributed by atoms with van der Waals surface area (Å²) in [4.78, 5) is 31.7. The number of hydrogen-bond donors (Lipinski definition) is 2. The molecule has 0 saturated heterocycles. The Kier molecular flexibility index (Phi) is 8.41. The second-order valence-electron chi connectivity index (χ2n) is 8.51. The van der Waals surface area contributed by atoms with E-state index >= 15 is 0 Å². The number of aromatic nitrogens is 1. The molecule has 1 atom stereocenters. The number of carbonyl (C=O) groups is 2. The summed E-state index contributed by atoms with van der Waals surface area (Å²) in [6.07, 6.45) is 1.10. The lowest BCUT2D eigenvalue weighted by Crippen LogP contribution is -2.54. The molecule has 0 bridgehead atoms. The molecule has 3 amide bonds. The predicted octanol–water partition coefficient (Wildman–Crippen LogP) is 4.22. The summed E-state index contributed by atoms with van der Waals surface area (Å²) in [5.74, 6) is -2.24. The summed E-state index contributed by atoms with van der Waals surface area (Å²) < 4.78 is 57.4. The first-order valence-corrected chi connectivity index (χ1v) is 14.1. The Morgan fingerprint density at radius 2 is 1.79 bits per heavy atom. The van der Waals surface area contributed by atoms with E-state index in [1.165, 1.54) is 35.5 Å². The van der Waals surface area contributed by atoms with E-state index in [-0.39, 0.29) is 24.3 Å². The Morgan fingerprint density at radius 1 is 1.05 bits per heavy atom. The van der Waals surface area contributed by atoms with Gasteiger partial charge in [0.2, 0.25) is 5.91 Å². The molecule has 2 aromatic carbocycles. The second kappa shape index (κ2) is 11.7. The molecule has 0 aliphatic rings. The molecule has 9 nitrogen and oxygen atoms in total. The van der Waals surface area contributed by atoms with Crippen molar-refractivity contribution in [1.29, 1.82) is 0 Å². The van der Waals surface area contributed by atoms with Gasteiger partial charge in [0.25, 0.3) is 0 Å². The third kappa shape index (κ3) is 6.67. The molecule has 204 valence electrons. The molecule has 0 unspecified atom stereocenters. The number of hydrogen-bond acceptors (Lipinski definition) is 6. The summed E-state index contributed by atoms with van der Waals surface area (Å²) in [5, 5.41) is 5.18. The van der Waals surface area contributed by atoms with Crippen LogP contribution in [0.5, 0.6) is 0 Å². The van der Waals surface area contributed by atoms with Crippen molar-refractivity contribution >= 4 is 55.1 Å². The van der Waals surface area contributed by atoms with Crippen LogP contribution in [0.4, 0.5) is 25.1 Å². The van der Waals surface area contributed by atoms with Gasteiger partial charge in [-0.1, -0.05) is 6.07 Å². The smallest absolute Gasteiger partial charge is 0.325 e. The van der Waals surface area contributed by atoms with Gasteiger partial charge in [-0.25, -0.2) is 27.6 Å². The molecule has 4 rings (SSSR count). The zero-order valence-corrected chi connectivity index (χ0v) is 22.6. The summed E-state index contributed by atoms with van der Waals surface area (Å²) >= 11 is 1.54. The third-order valence-electron chi connectivity index (χ3n) is 5.82. The number of pyridine rings is 1. The van der Waals surface area contributed by atoms with Crippen LogP contribution >= 0.6 is 11.3 Å². The molecule has 2 heterocycles. The number of rotatable bonds is 9. The number of likely N-dealkylation sites (N-methyl/N-ethyl adjacent to an activating group) is 1. The number of fused-ring (bicyclic) bond motifs is 1. The Balaban J connectivity index is 1.58. The Morgan fingerprint density at radius 3 is 2.46 bits per heavy atom. The van der Waals surface area contributed by atoms with Crippen LogP contribution < -0.4 is 19.2 Å². The van der Waals surface area contributed by atoms with E-state index in [1.54, 1.807) is 31.2 Å². The topological polar surface area (TPSA) is 112 Å². The fourth-order valence-corrected chi connectivity index (χ4v) is 5.87. The zero-order valence-electron chi connectivity index (χ0n) is 21.0. The molecule has 0 radical (unpaired) electrons. The number of carbonyl (C=O) groups excluding carboxylic acids is 2. The van der Waals surface area contributed by atoms with Crippen molar-refractivity contribution in [2.75, 3.05) is 22.8 Å². The van der Waals surface area contributed by atoms with E-state index in [0.717, 1.165) is 26.5 Å². The van der Waals surface area contributed by atoms with Gasteiger partial charge < -0.3 is 10.2 Å². The second-order valence-corrected chi connectivity index (χ2v) is 11.1. The maximum atomic E-state index is 13.9. The maximum absolute atomic E-state index is 13.9. The van der Waals surface area contributed by atoms with Crippen molar-refractivity contribution in [3.63, 3.8) is 0 Å². The number of halogens is 2. The molecule has 4 aromatic rings. The molecule has 0 saturated carbocycles. The van der Waals surface area contributed by atoms with Crippen LogP contribution in [0.15, 0.2) is 72.2 Å². The number of nitrogens with zero attached hydrogens (tertiary/aromatic N) is 3. The van der Waals surface area contributed by atoms with E-state index in [1.807, 2.05) is 22.2 Å². The van der Waals surface area contributed by atoms with Gasteiger partial charge in [0, 0.05) is 42.7 Å². The average Bonchev–Trinajstić information content (AvgIpc) is 3.35. The third-order valence-corrected chi connectivity index (χ3v) is 8.19. The normalized spacial score (nSPS) is 12.1. The fourth-order valence-electron chi connectivity index (χ4n) is 4.00. The minimum atomic E-state index is -4.41. The number of urea groups is 1. The van der Waals surface area contributed by atoms with E-state index in [9.17, 15) is 26.8 Å². The van der Waals surface area contributed by atoms with Crippen LogP contribution in [0.1, 0.15) is 12.5 Å². The molecule has 39 heavy (non-hydrogen) atoms. The summed E-state index contributed by atoms with van der Waals surface area (Å²) in [7, 11) is -2.92. The molecule has 0 aliphatic heterocycles. The lowest BCUT2D eigenvalue weighted by Gasteiger charge is -2.26. The lowest BCUT2D eigenvalue weighted by molar-refractivity contribution is -0.120. The van der Waals surface area contributed by atoms with Gasteiger partial charge in [0.05, 0.1) is 0 Å². The zero-order chi connectivity index (χ0) is 28.2. The van der Waals surface area contributed by atoms with Crippen molar-refractivity contribution in [2.24, 2.45) is 0 Å². The van der Waals surface area contributed by atoms with Gasteiger partial charge in [-0.05, 0) is 71.8 Å². The molecule has 0 aliphatic carbocycles. The molecule has 2 aromatic heterocycles. The molecule has 2 N–H and O–H groups in total. The number of anilines is 2. The average molecular weight is 574 g/mol. The SMILES string of the molecule is CCN(c1ccccn1)S(=O)(=O)NC(=O)N[C@@H](Cc1cc(F)cc(F)c1)C(=O)N(C)c1ccc2sccc2c1. The lowest BCUT2D eigenvalue weighted by atomic mass is 10.0. The largest absolute Gasteiger partial charge is 0.330 e. The monoisotopic (exact) mass is 573 g/mol. The van der Waals surface area contributed by atoms with Crippen molar-refractivity contribution in [3.8, 4) is 0 Å². The number of thiophene rings is 1. The highest BCUT2D eigenvalue weighted by molar-refractivity contribution is 7.91. The molecular weight excluding hydrogens is 548 g/mol. The van der Waals surface area contributed by atoms with Gasteiger partial charge in [-0.3, -0.25) is 4.79 Å². The Bertz CT molecular complexity index is 1580. The minimum Gasteiger partial charge on any atom is -0.325 e. The molecule has 0 fully saturated rings. The number of benzene rings is 2. The van der Waals surface area contributed by atoms with E-state index in [2.05, 4.69) is 10.3 Å². The van der Waals surface area contributed by atoms with Gasteiger partial charge in [0.1, 0.15) is 23.5 Å². The first-order chi connectivity index (χ1) is 18.6. The van der Waals surface area contributed by atoms with E-state index in [0.29, 0.717) is 11.8 Å². The number of nitrogens with one attached hydrogen (secondary N) is 2. The number of amides is 3. The van der Waals surface area contributed by atoms with Crippen LogP contribution in [-0.4, -0.2) is 45.0 Å². The molecular formula is C26H25F2N5O4S2. The predicted molar refractivity (Wildman–Crippen MR) is 147 cm³/mol. The van der Waals surface area contributed by atoms with Crippen molar-refractivity contribution in [2.45, 2.75) is 19.4 Å². The first-order valence-electron chi connectivity index (χ1n) is 11.8. The van der Waals surface area contributed by atoms with Crippen LogP contribution in [0.3, 0.4) is 0 Å². The summed E-state index contributed by atoms with van der Waals surface area (Å²) in [5.41, 5.74) is 0.614. The van der Waals surface area contributed by atoms with Crippen LogP contribution in [0.2, 0.25) is 0 Å². The molecule has 0 spiro atoms. The van der Waals surface area contributed by atoms with Gasteiger partial charge >= 0.3 is 16.2 Å². The van der Waals surface area contributed by atoms with Crippen molar-refractivity contribution in [3.05, 3.63) is 89.4 Å². The Hall–Kier alpha value is -4.10. The van der Waals surface area contributed by atoms with Crippen LogP contribution in [0, 0.1) is 11.6 Å². The summed E-state index contributed by atoms with van der Waals surface area (Å²) in [6, 6.07) is 12.1. The van der Waals surface area contributed by atoms with Crippen molar-refractivity contribution in [1.82, 2.24) is 15.0 Å². The van der Waals surface area contributed by atoms with Gasteiger partial charge in [0.15, 0.2) is 0 Å². The van der Waals surface area contributed by atoms with Gasteiger partial charge in [-0.2, -0.15) is 8.42 Å². The quantitative estimate of drug-likeness (QED) is 0.312. The summed E-state index contributed by atoms with van der Waals surface area (Å²) in [6.45, 7) is 1.54. The standard InChI is InChI=1S/C26H25F2N5O4S2/c1-3-33(24-6-4-5-10-29-24)39(36,37)31-26(35)30-22(14-17-12-19(27)16-20(28)13-17)25(34)32(2)21-7-8-23-18(15-21)9-11-38-23/h4-13,15-16,22H,3,14H2,1-2H3,(H2,30,31,35)/t22-/m0/s1. The molecule has 13 heteroatoms. The van der Waals surface area contributed by atoms with E-state index in [4.69, 9.17) is 0 Å². The van der Waals surface area contributed by atoms with Crippen LogP contribution in [-0.2, 0) is 21.4 Å². The fraction of sp³-hybridized carbons (Fsp3) is 0.192. The van der Waals surface area contributed by atoms with E-state index < -0.39 is 39.8 Å². The van der Waals surface area contributed by atoms with Crippen molar-refractivity contribution < 1.29 is 26.8 Å².